The lowest BCUT2D eigenvalue weighted by atomic mass is 10.3. The van der Waals surface area contributed by atoms with Crippen LogP contribution in [0.4, 0.5) is 0 Å². The van der Waals surface area contributed by atoms with Crippen LogP contribution >= 0.6 is 43.2 Å². The first-order valence-corrected chi connectivity index (χ1v) is 19.4. The van der Waals surface area contributed by atoms with Gasteiger partial charge in [-0.3, -0.25) is 19.2 Å². The number of hydrogen-bond donors (Lipinski definition) is 4. The van der Waals surface area contributed by atoms with Gasteiger partial charge >= 0.3 is 23.9 Å². The quantitative estimate of drug-likeness (QED) is 0.168. The van der Waals surface area contributed by atoms with Crippen molar-refractivity contribution < 1.29 is 38.1 Å². The number of ether oxygens (including phenoxy) is 4. The van der Waals surface area contributed by atoms with Gasteiger partial charge in [0.15, 0.2) is 0 Å². The predicted molar refractivity (Wildman–Crippen MR) is 173 cm³/mol. The Hall–Kier alpha value is -0.880. The first-order chi connectivity index (χ1) is 20.4. The first kappa shape index (κ1) is 39.1. The van der Waals surface area contributed by atoms with Crippen LogP contribution in [0.15, 0.2) is 0 Å². The third-order valence-electron chi connectivity index (χ3n) is 5.66. The molecule has 244 valence electrons. The van der Waals surface area contributed by atoms with Gasteiger partial charge in [0.2, 0.25) is 0 Å². The molecule has 0 spiro atoms. The van der Waals surface area contributed by atoms with E-state index in [0.29, 0.717) is 62.0 Å². The van der Waals surface area contributed by atoms with Gasteiger partial charge in [0.1, 0.15) is 24.2 Å². The minimum absolute atomic E-state index is 0.289. The smallest absolute Gasteiger partial charge is 0.324 e. The summed E-state index contributed by atoms with van der Waals surface area (Å²) < 4.78 is 21.0. The summed E-state index contributed by atoms with van der Waals surface area (Å²) in [4.78, 5) is 50.1. The Morgan fingerprint density at radius 1 is 0.476 bits per heavy atom. The van der Waals surface area contributed by atoms with E-state index in [4.69, 9.17) is 18.9 Å². The molecule has 1 rings (SSSR count). The summed E-state index contributed by atoms with van der Waals surface area (Å²) in [5.74, 6) is 0.573. The van der Waals surface area contributed by atoms with E-state index in [-0.39, 0.29) is 50.3 Å². The van der Waals surface area contributed by atoms with E-state index in [1.165, 1.54) is 43.2 Å². The van der Waals surface area contributed by atoms with E-state index in [1.807, 2.05) is 0 Å². The summed E-state index contributed by atoms with van der Waals surface area (Å²) in [6.07, 6.45) is 1.34. The van der Waals surface area contributed by atoms with Crippen molar-refractivity contribution in [3.63, 3.8) is 0 Å². The van der Waals surface area contributed by atoms with E-state index >= 15 is 0 Å². The van der Waals surface area contributed by atoms with Crippen molar-refractivity contribution in [3.05, 3.63) is 0 Å². The first-order valence-electron chi connectivity index (χ1n) is 14.5. The third kappa shape index (κ3) is 17.4. The highest BCUT2D eigenvalue weighted by Gasteiger charge is 2.24. The number of carbonyl (C=O) groups is 4. The maximum absolute atomic E-state index is 12.5. The van der Waals surface area contributed by atoms with Crippen molar-refractivity contribution in [3.8, 4) is 0 Å². The number of nitrogens with one attached hydrogen (secondary N) is 4. The lowest BCUT2D eigenvalue weighted by Crippen LogP contribution is -2.44. The molecule has 0 aromatic carbocycles. The fraction of sp³-hybridized carbons (Fsp3) is 0.846. The van der Waals surface area contributed by atoms with E-state index in [0.717, 1.165) is 0 Å². The third-order valence-corrected chi connectivity index (χ3v) is 10.5. The molecule has 42 heavy (non-hydrogen) atoms. The highest BCUT2D eigenvalue weighted by Crippen LogP contribution is 2.25. The minimum Gasteiger partial charge on any atom is -0.465 e. The van der Waals surface area contributed by atoms with Gasteiger partial charge in [-0.2, -0.15) is 0 Å². The highest BCUT2D eigenvalue weighted by molar-refractivity contribution is 8.77. The Morgan fingerprint density at radius 3 is 0.881 bits per heavy atom. The summed E-state index contributed by atoms with van der Waals surface area (Å²) in [5.41, 5.74) is 0. The molecule has 1 saturated heterocycles. The molecule has 12 nitrogen and oxygen atoms in total. The van der Waals surface area contributed by atoms with Crippen molar-refractivity contribution >= 4 is 67.1 Å². The molecule has 0 aromatic heterocycles. The van der Waals surface area contributed by atoms with Crippen molar-refractivity contribution in [1.82, 2.24) is 21.3 Å². The molecule has 1 fully saturated rings. The van der Waals surface area contributed by atoms with Crippen molar-refractivity contribution in [2.45, 2.75) is 64.7 Å². The number of hydrogen-bond acceptors (Lipinski definition) is 16. The molecule has 4 N–H and O–H groups in total. The van der Waals surface area contributed by atoms with Crippen LogP contribution in [0, 0.1) is 0 Å². The largest absolute Gasteiger partial charge is 0.465 e. The van der Waals surface area contributed by atoms with E-state index in [9.17, 15) is 19.2 Å². The molecule has 2 unspecified atom stereocenters. The Labute approximate surface area is 265 Å². The summed E-state index contributed by atoms with van der Waals surface area (Å²) in [6, 6.07) is -2.00. The van der Waals surface area contributed by atoms with Crippen LogP contribution in [-0.2, 0) is 38.1 Å². The Kier molecular flexibility index (Phi) is 23.7. The summed E-state index contributed by atoms with van der Waals surface area (Å²) >= 11 is 0. The van der Waals surface area contributed by atoms with Crippen LogP contribution in [-0.4, -0.2) is 124 Å². The molecule has 0 radical (unpaired) electrons. The molecule has 1 aliphatic heterocycles. The molecule has 0 amide bonds. The summed E-state index contributed by atoms with van der Waals surface area (Å²) in [6.45, 7) is 10.4. The molecule has 1 aliphatic rings. The predicted octanol–water partition coefficient (Wildman–Crippen LogP) is 1.63. The average molecular weight is 673 g/mol. The van der Waals surface area contributed by atoms with Crippen LogP contribution in [0.2, 0.25) is 0 Å². The molecule has 0 bridgehead atoms. The zero-order valence-corrected chi connectivity index (χ0v) is 28.4. The second-order valence-electron chi connectivity index (χ2n) is 8.88. The van der Waals surface area contributed by atoms with Crippen LogP contribution < -0.4 is 21.3 Å². The number of esters is 4. The molecule has 4 atom stereocenters. The monoisotopic (exact) mass is 672 g/mol. The molecule has 0 saturated carbocycles. The van der Waals surface area contributed by atoms with Crippen LogP contribution in [0.25, 0.3) is 0 Å². The van der Waals surface area contributed by atoms with Gasteiger partial charge in [0.25, 0.3) is 0 Å². The van der Waals surface area contributed by atoms with Gasteiger partial charge in [-0.05, 0) is 66.7 Å². The van der Waals surface area contributed by atoms with Crippen molar-refractivity contribution in [2.75, 3.05) is 75.6 Å². The molecule has 16 heteroatoms. The Balaban J connectivity index is 2.92. The molecule has 0 aliphatic carbocycles. The SMILES string of the molecule is CCOC(=O)C1CSSC[C@@H](C(=O)OCC)NCCCNC(C(=O)OCC)CSSC[C@@H](C(=O)OCC)NCCCN1. The van der Waals surface area contributed by atoms with Crippen LogP contribution in [0.5, 0.6) is 0 Å². The standard InChI is InChI=1S/C26H48N4O8S4/c1-5-35-23(31)19-15-39-40-16-20(24(32)36-6-2)29-13-10-14-30-22(26(34)38-8-4)18-42-41-17-21(25(33)37-7-3)28-12-9-11-27-19/h19-22,27-30H,5-18H2,1-4H3/t19-,20?,21?,22-/m0/s1. The van der Waals surface area contributed by atoms with Gasteiger partial charge in [-0.15, -0.1) is 0 Å². The second kappa shape index (κ2) is 25.4. The maximum Gasteiger partial charge on any atom is 0.324 e. The fourth-order valence-electron chi connectivity index (χ4n) is 3.56. The molecule has 1 heterocycles. The fourth-order valence-corrected chi connectivity index (χ4v) is 8.29. The normalized spacial score (nSPS) is 24.7. The van der Waals surface area contributed by atoms with Crippen LogP contribution in [0.3, 0.4) is 0 Å². The zero-order valence-electron chi connectivity index (χ0n) is 25.1. The summed E-state index contributed by atoms with van der Waals surface area (Å²) in [7, 11) is 5.95. The summed E-state index contributed by atoms with van der Waals surface area (Å²) in [5, 5.41) is 13.0. The minimum atomic E-state index is -0.500. The molecular formula is C26H48N4O8S4. The maximum atomic E-state index is 12.5. The molecule has 0 aromatic rings. The van der Waals surface area contributed by atoms with Crippen molar-refractivity contribution in [2.24, 2.45) is 0 Å². The Morgan fingerprint density at radius 2 is 0.690 bits per heavy atom. The zero-order chi connectivity index (χ0) is 31.0. The molecular weight excluding hydrogens is 625 g/mol. The lowest BCUT2D eigenvalue weighted by molar-refractivity contribution is -0.146. The van der Waals surface area contributed by atoms with Gasteiger partial charge < -0.3 is 40.2 Å². The van der Waals surface area contributed by atoms with E-state index in [2.05, 4.69) is 21.3 Å². The van der Waals surface area contributed by atoms with Gasteiger partial charge in [-0.1, -0.05) is 43.2 Å². The van der Waals surface area contributed by atoms with Gasteiger partial charge in [0.05, 0.1) is 26.4 Å². The lowest BCUT2D eigenvalue weighted by Gasteiger charge is -2.21. The number of rotatable bonds is 8. The van der Waals surface area contributed by atoms with E-state index < -0.39 is 24.2 Å². The number of carbonyl (C=O) groups excluding carboxylic acids is 4. The topological polar surface area (TPSA) is 153 Å². The van der Waals surface area contributed by atoms with Crippen molar-refractivity contribution in [1.29, 1.82) is 0 Å². The second-order valence-corrected chi connectivity index (χ2v) is 14.0. The van der Waals surface area contributed by atoms with Crippen LogP contribution in [0.1, 0.15) is 40.5 Å². The van der Waals surface area contributed by atoms with Gasteiger partial charge in [0, 0.05) is 23.0 Å². The average Bonchev–Trinajstić information content (AvgIpc) is 2.96. The van der Waals surface area contributed by atoms with Gasteiger partial charge in [-0.25, -0.2) is 0 Å². The Bertz CT molecular complexity index is 665. The van der Waals surface area contributed by atoms with E-state index in [1.54, 1.807) is 27.7 Å². The highest BCUT2D eigenvalue weighted by atomic mass is 33.1.